The molecule has 0 spiro atoms. The van der Waals surface area contributed by atoms with Crippen LogP contribution in [0.25, 0.3) is 0 Å². The third kappa shape index (κ3) is 3.12. The zero-order valence-electron chi connectivity index (χ0n) is 6.62. The maximum atomic E-state index is 5.58. The highest BCUT2D eigenvalue weighted by Gasteiger charge is 2.12. The molecule has 0 bridgehead atoms. The van der Waals surface area contributed by atoms with E-state index in [4.69, 9.17) is 11.5 Å². The van der Waals surface area contributed by atoms with Gasteiger partial charge in [-0.05, 0) is 25.8 Å². The minimum Gasteiger partial charge on any atom is -0.379 e. The molecule has 0 aromatic carbocycles. The lowest BCUT2D eigenvalue weighted by Crippen LogP contribution is -2.20. The first-order valence-electron chi connectivity index (χ1n) is 3.99. The van der Waals surface area contributed by atoms with Crippen molar-refractivity contribution in [1.29, 1.82) is 0 Å². The van der Waals surface area contributed by atoms with Gasteiger partial charge in [0.25, 0.3) is 0 Å². The van der Waals surface area contributed by atoms with Gasteiger partial charge in [0, 0.05) is 5.75 Å². The molecule has 1 rings (SSSR count). The van der Waals surface area contributed by atoms with Gasteiger partial charge >= 0.3 is 0 Å². The fourth-order valence-corrected chi connectivity index (χ4v) is 1.97. The number of amidine groups is 1. The second-order valence-electron chi connectivity index (χ2n) is 2.69. The molecule has 4 heteroatoms. The topological polar surface area (TPSA) is 64.4 Å². The van der Waals surface area contributed by atoms with Crippen LogP contribution < -0.4 is 11.5 Å². The Morgan fingerprint density at radius 2 is 2.45 bits per heavy atom. The summed E-state index contributed by atoms with van der Waals surface area (Å²) < 4.78 is 0. The summed E-state index contributed by atoms with van der Waals surface area (Å²) in [6.45, 7) is 0.763. The largest absolute Gasteiger partial charge is 0.379 e. The van der Waals surface area contributed by atoms with Gasteiger partial charge in [0.15, 0.2) is 5.17 Å². The van der Waals surface area contributed by atoms with Gasteiger partial charge in [-0.2, -0.15) is 0 Å². The van der Waals surface area contributed by atoms with E-state index in [1.165, 1.54) is 0 Å². The highest BCUT2D eigenvalue weighted by atomic mass is 32.2. The van der Waals surface area contributed by atoms with Gasteiger partial charge in [-0.25, -0.2) is 0 Å². The molecule has 1 heterocycles. The summed E-state index contributed by atoms with van der Waals surface area (Å²) in [6, 6.07) is 0.444. The second kappa shape index (κ2) is 4.62. The smallest absolute Gasteiger partial charge is 0.154 e. The van der Waals surface area contributed by atoms with Crippen molar-refractivity contribution in [3.05, 3.63) is 0 Å². The Kier molecular flexibility index (Phi) is 3.72. The molecule has 64 valence electrons. The number of hydrogen-bond donors (Lipinski definition) is 2. The van der Waals surface area contributed by atoms with Gasteiger partial charge in [0.2, 0.25) is 0 Å². The van der Waals surface area contributed by atoms with E-state index in [-0.39, 0.29) is 0 Å². The van der Waals surface area contributed by atoms with Crippen molar-refractivity contribution in [3.63, 3.8) is 0 Å². The average Bonchev–Trinajstić information content (AvgIpc) is 2.01. The molecule has 0 saturated carbocycles. The van der Waals surface area contributed by atoms with Crippen molar-refractivity contribution in [3.8, 4) is 0 Å². The number of rotatable bonds is 3. The van der Waals surface area contributed by atoms with E-state index in [9.17, 15) is 0 Å². The molecular weight excluding hydrogens is 158 g/mol. The quantitative estimate of drug-likeness (QED) is 0.655. The van der Waals surface area contributed by atoms with Gasteiger partial charge < -0.3 is 11.5 Å². The van der Waals surface area contributed by atoms with Crippen molar-refractivity contribution in [2.45, 2.75) is 25.3 Å². The summed E-state index contributed by atoms with van der Waals surface area (Å²) in [5.41, 5.74) is 11.0. The molecule has 0 fully saturated rings. The van der Waals surface area contributed by atoms with Crippen LogP contribution in [0.3, 0.4) is 0 Å². The fourth-order valence-electron chi connectivity index (χ4n) is 1.14. The summed E-state index contributed by atoms with van der Waals surface area (Å²) in [5.74, 6) is 1.12. The van der Waals surface area contributed by atoms with Crippen molar-refractivity contribution < 1.29 is 0 Å². The maximum absolute atomic E-state index is 5.58. The van der Waals surface area contributed by atoms with Crippen LogP contribution in [0.15, 0.2) is 4.99 Å². The molecule has 11 heavy (non-hydrogen) atoms. The lowest BCUT2D eigenvalue weighted by Gasteiger charge is -2.16. The Balaban J connectivity index is 2.28. The Hall–Kier alpha value is -0.220. The fraction of sp³-hybridized carbons (Fsp3) is 0.857. The van der Waals surface area contributed by atoms with Gasteiger partial charge in [0.1, 0.15) is 0 Å². The van der Waals surface area contributed by atoms with Crippen LogP contribution in [0.1, 0.15) is 19.3 Å². The van der Waals surface area contributed by atoms with Gasteiger partial charge in [-0.3, -0.25) is 4.99 Å². The van der Waals surface area contributed by atoms with E-state index in [0.717, 1.165) is 36.7 Å². The lowest BCUT2D eigenvalue weighted by atomic mass is 10.1. The molecular formula is C7H15N3S. The highest BCUT2D eigenvalue weighted by Crippen LogP contribution is 2.17. The van der Waals surface area contributed by atoms with Crippen molar-refractivity contribution in [2.24, 2.45) is 16.5 Å². The summed E-state index contributed by atoms with van der Waals surface area (Å²) in [4.78, 5) is 4.32. The number of hydrogen-bond acceptors (Lipinski definition) is 4. The third-order valence-corrected chi connectivity index (χ3v) is 2.59. The predicted octanol–water partition coefficient (Wildman–Crippen LogP) is 0.546. The Morgan fingerprint density at radius 3 is 3.09 bits per heavy atom. The maximum Gasteiger partial charge on any atom is 0.154 e. The van der Waals surface area contributed by atoms with Crippen molar-refractivity contribution in [2.75, 3.05) is 12.3 Å². The molecule has 0 saturated heterocycles. The van der Waals surface area contributed by atoms with E-state index in [1.807, 2.05) is 0 Å². The summed E-state index contributed by atoms with van der Waals surface area (Å²) in [6.07, 6.45) is 3.31. The summed E-state index contributed by atoms with van der Waals surface area (Å²) >= 11 is 1.65. The molecule has 1 aliphatic heterocycles. The van der Waals surface area contributed by atoms with Crippen LogP contribution in [0.5, 0.6) is 0 Å². The highest BCUT2D eigenvalue weighted by molar-refractivity contribution is 8.13. The summed E-state index contributed by atoms with van der Waals surface area (Å²) in [5, 5.41) is 0.748. The third-order valence-electron chi connectivity index (χ3n) is 1.75. The SMILES string of the molecule is NCCCC1CCSC(N)=N1. The molecule has 0 radical (unpaired) electrons. The minimum atomic E-state index is 0.444. The second-order valence-corrected chi connectivity index (χ2v) is 3.80. The molecule has 1 unspecified atom stereocenters. The van der Waals surface area contributed by atoms with Crippen LogP contribution in [0, 0.1) is 0 Å². The molecule has 1 atom stereocenters. The molecule has 0 aliphatic carbocycles. The number of aliphatic imine (C=N–C) groups is 1. The molecule has 0 aromatic rings. The molecule has 0 aromatic heterocycles. The summed E-state index contributed by atoms with van der Waals surface area (Å²) in [7, 11) is 0. The standard InChI is InChI=1S/C7H15N3S/c8-4-1-2-6-3-5-11-7(9)10-6/h6H,1-5,8H2,(H2,9,10). The van der Waals surface area contributed by atoms with E-state index >= 15 is 0 Å². The normalized spacial score (nSPS) is 24.8. The van der Waals surface area contributed by atoms with E-state index < -0.39 is 0 Å². The Labute approximate surface area is 71.6 Å². The van der Waals surface area contributed by atoms with Gasteiger partial charge in [0.05, 0.1) is 6.04 Å². The monoisotopic (exact) mass is 173 g/mol. The molecule has 3 nitrogen and oxygen atoms in total. The minimum absolute atomic E-state index is 0.444. The van der Waals surface area contributed by atoms with Gasteiger partial charge in [-0.1, -0.05) is 11.8 Å². The number of nitrogens with zero attached hydrogens (tertiary/aromatic N) is 1. The van der Waals surface area contributed by atoms with Crippen LogP contribution in [0.2, 0.25) is 0 Å². The molecule has 1 aliphatic rings. The molecule has 0 amide bonds. The predicted molar refractivity (Wildman–Crippen MR) is 50.8 cm³/mol. The van der Waals surface area contributed by atoms with E-state index in [1.54, 1.807) is 11.8 Å². The number of nitrogens with two attached hydrogens (primary N) is 2. The first kappa shape index (κ1) is 8.87. The zero-order chi connectivity index (χ0) is 8.10. The Morgan fingerprint density at radius 1 is 1.64 bits per heavy atom. The number of thioether (sulfide) groups is 1. The lowest BCUT2D eigenvalue weighted by molar-refractivity contribution is 0.577. The zero-order valence-corrected chi connectivity index (χ0v) is 7.44. The van der Waals surface area contributed by atoms with Crippen LogP contribution in [0.4, 0.5) is 0 Å². The van der Waals surface area contributed by atoms with Crippen LogP contribution in [-0.2, 0) is 0 Å². The van der Waals surface area contributed by atoms with Crippen molar-refractivity contribution in [1.82, 2.24) is 0 Å². The van der Waals surface area contributed by atoms with Crippen LogP contribution >= 0.6 is 11.8 Å². The van der Waals surface area contributed by atoms with E-state index in [2.05, 4.69) is 4.99 Å². The molecule has 4 N–H and O–H groups in total. The van der Waals surface area contributed by atoms with E-state index in [0.29, 0.717) is 6.04 Å². The average molecular weight is 173 g/mol. The first-order valence-corrected chi connectivity index (χ1v) is 4.97. The Bertz CT molecular complexity index is 147. The van der Waals surface area contributed by atoms with Crippen LogP contribution in [-0.4, -0.2) is 23.5 Å². The van der Waals surface area contributed by atoms with Crippen molar-refractivity contribution >= 4 is 16.9 Å². The van der Waals surface area contributed by atoms with Gasteiger partial charge in [-0.15, -0.1) is 0 Å². The first-order chi connectivity index (χ1) is 5.33.